The molecule has 0 fully saturated rings. The van der Waals surface area contributed by atoms with E-state index in [2.05, 4.69) is 52.4 Å². The van der Waals surface area contributed by atoms with Crippen molar-refractivity contribution in [1.29, 1.82) is 0 Å². The molecule has 31 heavy (non-hydrogen) atoms. The number of hydrogen-bond donors (Lipinski definition) is 1. The molecule has 7 nitrogen and oxygen atoms in total. The lowest BCUT2D eigenvalue weighted by Gasteiger charge is -2.47. The molecule has 5 rings (SSSR count). The van der Waals surface area contributed by atoms with Gasteiger partial charge in [0.05, 0.1) is 24.0 Å². The predicted octanol–water partition coefficient (Wildman–Crippen LogP) is 4.84. The van der Waals surface area contributed by atoms with E-state index in [9.17, 15) is 4.79 Å². The molecule has 2 aliphatic heterocycles. The number of aromatic nitrogens is 2. The Morgan fingerprint density at radius 3 is 2.74 bits per heavy atom. The molecule has 0 radical (unpaired) electrons. The van der Waals surface area contributed by atoms with Gasteiger partial charge in [0.2, 0.25) is 0 Å². The molecule has 1 N–H and O–H groups in total. The van der Waals surface area contributed by atoms with Gasteiger partial charge in [-0.2, -0.15) is 10.2 Å². The Balaban J connectivity index is 1.66. The summed E-state index contributed by atoms with van der Waals surface area (Å²) in [4.78, 5) is 21.5. The SMILES string of the molecule is CCC1(c2cccc(Oc3cncnc3)c2)C2=CN=NC2NC2=C1C(=O)CC(C)(C)C2. The van der Waals surface area contributed by atoms with Gasteiger partial charge in [-0.3, -0.25) is 4.79 Å². The number of allylic oxidation sites excluding steroid dienone is 2. The third-order valence-corrected chi connectivity index (χ3v) is 6.41. The number of ketones is 1. The first kappa shape index (κ1) is 19.6. The Morgan fingerprint density at radius 2 is 1.97 bits per heavy atom. The van der Waals surface area contributed by atoms with Crippen molar-refractivity contribution in [3.8, 4) is 11.5 Å². The van der Waals surface area contributed by atoms with Gasteiger partial charge in [-0.05, 0) is 36.0 Å². The van der Waals surface area contributed by atoms with Crippen LogP contribution in [0.25, 0.3) is 0 Å². The summed E-state index contributed by atoms with van der Waals surface area (Å²) in [5.41, 5.74) is 3.20. The molecule has 1 aromatic carbocycles. The smallest absolute Gasteiger partial charge is 0.164 e. The van der Waals surface area contributed by atoms with Crippen molar-refractivity contribution in [2.24, 2.45) is 15.6 Å². The fourth-order valence-electron chi connectivity index (χ4n) is 5.19. The number of fused-ring (bicyclic) bond motifs is 1. The molecule has 0 amide bonds. The van der Waals surface area contributed by atoms with Crippen LogP contribution in [0.5, 0.6) is 11.5 Å². The van der Waals surface area contributed by atoms with Crippen LogP contribution in [0.4, 0.5) is 0 Å². The molecule has 158 valence electrons. The number of carbonyl (C=O) groups excluding carboxylic acids is 1. The third kappa shape index (κ3) is 3.15. The first-order valence-corrected chi connectivity index (χ1v) is 10.6. The lowest BCUT2D eigenvalue weighted by atomic mass is 9.59. The van der Waals surface area contributed by atoms with Crippen molar-refractivity contribution >= 4 is 5.78 Å². The van der Waals surface area contributed by atoms with E-state index >= 15 is 0 Å². The fraction of sp³-hybridized carbons (Fsp3) is 0.375. The van der Waals surface area contributed by atoms with Crippen LogP contribution in [-0.4, -0.2) is 21.9 Å². The predicted molar refractivity (Wildman–Crippen MR) is 115 cm³/mol. The summed E-state index contributed by atoms with van der Waals surface area (Å²) in [6.45, 7) is 6.40. The van der Waals surface area contributed by atoms with E-state index in [1.165, 1.54) is 6.33 Å². The molecular formula is C24H25N5O2. The molecule has 0 saturated heterocycles. The van der Waals surface area contributed by atoms with Crippen molar-refractivity contribution in [1.82, 2.24) is 15.3 Å². The zero-order valence-corrected chi connectivity index (χ0v) is 17.9. The van der Waals surface area contributed by atoms with Crippen molar-refractivity contribution in [2.45, 2.75) is 51.6 Å². The van der Waals surface area contributed by atoms with Crippen molar-refractivity contribution < 1.29 is 9.53 Å². The summed E-state index contributed by atoms with van der Waals surface area (Å²) in [7, 11) is 0. The van der Waals surface area contributed by atoms with Crippen LogP contribution in [0, 0.1) is 5.41 Å². The largest absolute Gasteiger partial charge is 0.454 e. The maximum atomic E-state index is 13.5. The summed E-state index contributed by atoms with van der Waals surface area (Å²) in [5, 5.41) is 12.1. The molecule has 3 aliphatic rings. The molecule has 0 saturated carbocycles. The molecule has 1 aromatic heterocycles. The topological polar surface area (TPSA) is 88.8 Å². The highest BCUT2D eigenvalue weighted by molar-refractivity contribution is 6.01. The Hall–Kier alpha value is -3.35. The number of carbonyl (C=O) groups is 1. The quantitative estimate of drug-likeness (QED) is 0.772. The minimum Gasteiger partial charge on any atom is -0.454 e. The zero-order valence-electron chi connectivity index (χ0n) is 17.9. The lowest BCUT2D eigenvalue weighted by molar-refractivity contribution is -0.119. The summed E-state index contributed by atoms with van der Waals surface area (Å²) >= 11 is 0. The van der Waals surface area contributed by atoms with E-state index < -0.39 is 5.41 Å². The Morgan fingerprint density at radius 1 is 1.16 bits per heavy atom. The van der Waals surface area contributed by atoms with Crippen LogP contribution in [-0.2, 0) is 10.2 Å². The van der Waals surface area contributed by atoms with Crippen LogP contribution in [0.2, 0.25) is 0 Å². The molecule has 2 atom stereocenters. The summed E-state index contributed by atoms with van der Waals surface area (Å²) in [6.07, 6.45) is 8.36. The molecule has 3 heterocycles. The van der Waals surface area contributed by atoms with Gasteiger partial charge >= 0.3 is 0 Å². The van der Waals surface area contributed by atoms with Crippen molar-refractivity contribution in [3.63, 3.8) is 0 Å². The number of Topliss-reactive ketones (excluding diaryl/α,β-unsaturated/α-hetero) is 1. The summed E-state index contributed by atoms with van der Waals surface area (Å²) in [5.74, 6) is 1.43. The van der Waals surface area contributed by atoms with Crippen LogP contribution in [0.15, 0.2) is 76.3 Å². The average molecular weight is 415 g/mol. The monoisotopic (exact) mass is 415 g/mol. The Kier molecular flexibility index (Phi) is 4.50. The highest BCUT2D eigenvalue weighted by atomic mass is 16.5. The number of rotatable bonds is 4. The third-order valence-electron chi connectivity index (χ3n) is 6.41. The second-order valence-electron chi connectivity index (χ2n) is 9.12. The summed E-state index contributed by atoms with van der Waals surface area (Å²) in [6, 6.07) is 7.94. The Bertz CT molecular complexity index is 1140. The number of benzene rings is 1. The highest BCUT2D eigenvalue weighted by Gasteiger charge is 2.53. The fourth-order valence-corrected chi connectivity index (χ4v) is 5.19. The van der Waals surface area contributed by atoms with E-state index in [0.717, 1.165) is 35.2 Å². The minimum atomic E-state index is -0.588. The number of nitrogens with zero attached hydrogens (tertiary/aromatic N) is 4. The normalized spacial score (nSPS) is 26.1. The maximum Gasteiger partial charge on any atom is 0.164 e. The zero-order chi connectivity index (χ0) is 21.6. The van der Waals surface area contributed by atoms with Crippen molar-refractivity contribution in [3.05, 3.63) is 71.6 Å². The molecule has 2 unspecified atom stereocenters. The van der Waals surface area contributed by atoms with E-state index in [1.807, 2.05) is 24.4 Å². The van der Waals surface area contributed by atoms with Gasteiger partial charge in [0, 0.05) is 23.3 Å². The second-order valence-corrected chi connectivity index (χ2v) is 9.12. The molecule has 1 aliphatic carbocycles. The minimum absolute atomic E-state index is 0.0857. The highest BCUT2D eigenvalue weighted by Crippen LogP contribution is 2.54. The molecule has 7 heteroatoms. The van der Waals surface area contributed by atoms with E-state index in [-0.39, 0.29) is 17.4 Å². The maximum absolute atomic E-state index is 13.5. The van der Waals surface area contributed by atoms with Crippen LogP contribution < -0.4 is 10.1 Å². The van der Waals surface area contributed by atoms with Gasteiger partial charge in [0.15, 0.2) is 17.7 Å². The molecular weight excluding hydrogens is 390 g/mol. The van der Waals surface area contributed by atoms with Gasteiger partial charge in [0.25, 0.3) is 0 Å². The first-order chi connectivity index (χ1) is 14.9. The van der Waals surface area contributed by atoms with Crippen molar-refractivity contribution in [2.75, 3.05) is 0 Å². The standard InChI is InChI=1S/C24H25N5O2/c1-4-24(15-6-5-7-16(8-15)31-17-11-25-14-26-12-17)18-13-27-29-22(18)28-19-9-23(2,3)10-20(30)21(19)24/h5-8,11-14,22,28H,4,9-10H2,1-3H3. The van der Waals surface area contributed by atoms with E-state index in [0.29, 0.717) is 17.9 Å². The van der Waals surface area contributed by atoms with Gasteiger partial charge in [-0.25, -0.2) is 9.97 Å². The first-order valence-electron chi connectivity index (χ1n) is 10.6. The van der Waals surface area contributed by atoms with Crippen LogP contribution in [0.1, 0.15) is 45.6 Å². The van der Waals surface area contributed by atoms with E-state index in [1.54, 1.807) is 12.4 Å². The van der Waals surface area contributed by atoms with E-state index in [4.69, 9.17) is 4.74 Å². The van der Waals surface area contributed by atoms with Crippen LogP contribution in [0.3, 0.4) is 0 Å². The van der Waals surface area contributed by atoms with Gasteiger partial charge in [-0.15, -0.1) is 0 Å². The number of azo groups is 1. The molecule has 2 aromatic rings. The van der Waals surface area contributed by atoms with Gasteiger partial charge in [-0.1, -0.05) is 32.9 Å². The average Bonchev–Trinajstić information content (AvgIpc) is 3.21. The second kappa shape index (κ2) is 7.11. The van der Waals surface area contributed by atoms with Crippen LogP contribution >= 0.6 is 0 Å². The van der Waals surface area contributed by atoms with Gasteiger partial charge in [0.1, 0.15) is 12.1 Å². The molecule has 0 spiro atoms. The Labute approximate surface area is 181 Å². The lowest BCUT2D eigenvalue weighted by Crippen LogP contribution is -2.51. The molecule has 0 bridgehead atoms. The number of ether oxygens (including phenoxy) is 1. The number of nitrogens with one attached hydrogen (secondary N) is 1. The van der Waals surface area contributed by atoms with Gasteiger partial charge < -0.3 is 10.1 Å². The number of hydrogen-bond acceptors (Lipinski definition) is 7. The summed E-state index contributed by atoms with van der Waals surface area (Å²) < 4.78 is 6.00.